The van der Waals surface area contributed by atoms with Crippen molar-refractivity contribution < 1.29 is 17.9 Å². The lowest BCUT2D eigenvalue weighted by atomic mass is 10.1. The van der Waals surface area contributed by atoms with Crippen molar-refractivity contribution in [3.05, 3.63) is 53.1 Å². The van der Waals surface area contributed by atoms with Crippen LogP contribution in [0.1, 0.15) is 17.2 Å². The number of rotatable bonds is 3. The third-order valence-electron chi connectivity index (χ3n) is 4.70. The summed E-state index contributed by atoms with van der Waals surface area (Å²) in [7, 11) is -3.58. The lowest BCUT2D eigenvalue weighted by Crippen LogP contribution is -2.33. The summed E-state index contributed by atoms with van der Waals surface area (Å²) in [5, 5.41) is 0.928. The molecule has 0 amide bonds. The molecule has 1 saturated heterocycles. The van der Waals surface area contributed by atoms with Crippen LogP contribution < -0.4 is 9.47 Å². The van der Waals surface area contributed by atoms with E-state index in [0.717, 1.165) is 22.8 Å². The summed E-state index contributed by atoms with van der Waals surface area (Å²) in [6.07, 6.45) is 0.720. The van der Waals surface area contributed by atoms with Crippen molar-refractivity contribution in [2.45, 2.75) is 16.6 Å². The number of thioether (sulfide) groups is 1. The summed E-state index contributed by atoms with van der Waals surface area (Å²) in [6.45, 7) is 1.84. The Kier molecular flexibility index (Phi) is 5.55. The zero-order valence-corrected chi connectivity index (χ0v) is 17.0. The van der Waals surface area contributed by atoms with Crippen LogP contribution in [-0.2, 0) is 10.0 Å². The molecule has 1 fully saturated rings. The van der Waals surface area contributed by atoms with E-state index in [4.69, 9.17) is 21.1 Å². The van der Waals surface area contributed by atoms with Gasteiger partial charge in [-0.05, 0) is 30.2 Å². The highest BCUT2D eigenvalue weighted by Gasteiger charge is 2.30. The summed E-state index contributed by atoms with van der Waals surface area (Å²) < 4.78 is 38.8. The second-order valence-corrected chi connectivity index (χ2v) is 10.0. The predicted octanol–water partition coefficient (Wildman–Crippen LogP) is 3.98. The average Bonchev–Trinajstić information content (AvgIpc) is 2.94. The molecule has 8 heteroatoms. The highest BCUT2D eigenvalue weighted by molar-refractivity contribution is 7.99. The van der Waals surface area contributed by atoms with Crippen LogP contribution in [0, 0.1) is 0 Å². The third kappa shape index (κ3) is 3.92. The van der Waals surface area contributed by atoms with Crippen LogP contribution in [0.3, 0.4) is 0 Å². The summed E-state index contributed by atoms with van der Waals surface area (Å²) >= 11 is 8.08. The molecule has 0 bridgehead atoms. The van der Waals surface area contributed by atoms with Crippen LogP contribution in [0.15, 0.2) is 47.4 Å². The lowest BCUT2D eigenvalue weighted by Gasteiger charge is -2.22. The quantitative estimate of drug-likeness (QED) is 0.744. The fraction of sp³-hybridized carbons (Fsp3) is 0.368. The number of sulfonamides is 1. The van der Waals surface area contributed by atoms with Gasteiger partial charge in [-0.15, -0.1) is 0 Å². The van der Waals surface area contributed by atoms with Crippen LogP contribution in [0.4, 0.5) is 0 Å². The van der Waals surface area contributed by atoms with Gasteiger partial charge in [0.15, 0.2) is 11.5 Å². The molecule has 0 spiro atoms. The van der Waals surface area contributed by atoms with Gasteiger partial charge in [-0.25, -0.2) is 8.42 Å². The Morgan fingerprint density at radius 2 is 1.81 bits per heavy atom. The van der Waals surface area contributed by atoms with E-state index in [9.17, 15) is 8.42 Å². The first-order valence-electron chi connectivity index (χ1n) is 8.81. The van der Waals surface area contributed by atoms with Crippen LogP contribution in [0.5, 0.6) is 11.5 Å². The topological polar surface area (TPSA) is 55.8 Å². The molecule has 1 unspecified atom stereocenters. The maximum atomic E-state index is 13.1. The first kappa shape index (κ1) is 18.9. The Bertz CT molecular complexity index is 935. The van der Waals surface area contributed by atoms with Crippen molar-refractivity contribution in [1.82, 2.24) is 4.31 Å². The molecule has 0 radical (unpaired) electrons. The molecule has 2 aromatic carbocycles. The van der Waals surface area contributed by atoms with Gasteiger partial charge in [0.25, 0.3) is 0 Å². The largest absolute Gasteiger partial charge is 0.486 e. The van der Waals surface area contributed by atoms with E-state index in [-0.39, 0.29) is 10.1 Å². The Hall–Kier alpha value is -1.41. The highest BCUT2D eigenvalue weighted by atomic mass is 35.5. The maximum absolute atomic E-state index is 13.1. The van der Waals surface area contributed by atoms with Gasteiger partial charge in [0.05, 0.1) is 4.90 Å². The number of nitrogens with zero attached hydrogens (tertiary/aromatic N) is 1. The van der Waals surface area contributed by atoms with Crippen molar-refractivity contribution in [2.75, 3.05) is 32.1 Å². The van der Waals surface area contributed by atoms with E-state index in [1.54, 1.807) is 34.3 Å². The van der Waals surface area contributed by atoms with Gasteiger partial charge in [-0.3, -0.25) is 0 Å². The predicted molar refractivity (Wildman–Crippen MR) is 107 cm³/mol. The zero-order valence-electron chi connectivity index (χ0n) is 14.6. The third-order valence-corrected chi connectivity index (χ3v) is 8.25. The monoisotopic (exact) mass is 425 g/mol. The first-order valence-corrected chi connectivity index (χ1v) is 11.7. The van der Waals surface area contributed by atoms with E-state index in [2.05, 4.69) is 0 Å². The Labute approximate surface area is 168 Å². The molecule has 144 valence electrons. The minimum absolute atomic E-state index is 0.194. The average molecular weight is 426 g/mol. The second kappa shape index (κ2) is 7.91. The molecule has 0 aliphatic carbocycles. The number of hydrogen-bond donors (Lipinski definition) is 0. The van der Waals surface area contributed by atoms with Gasteiger partial charge in [0, 0.05) is 35.2 Å². The molecule has 0 aromatic heterocycles. The fourth-order valence-corrected chi connectivity index (χ4v) is 6.49. The smallest absolute Gasteiger partial charge is 0.243 e. The summed E-state index contributed by atoms with van der Waals surface area (Å²) in [5.74, 6) is 1.80. The van der Waals surface area contributed by atoms with Crippen LogP contribution in [0.2, 0.25) is 5.02 Å². The van der Waals surface area contributed by atoms with Crippen molar-refractivity contribution in [2.24, 2.45) is 0 Å². The van der Waals surface area contributed by atoms with E-state index in [1.165, 1.54) is 0 Å². The Morgan fingerprint density at radius 3 is 2.63 bits per heavy atom. The molecule has 2 heterocycles. The molecule has 2 aliphatic heterocycles. The van der Waals surface area contributed by atoms with Crippen molar-refractivity contribution in [3.8, 4) is 11.5 Å². The minimum atomic E-state index is -3.58. The highest BCUT2D eigenvalue weighted by Crippen LogP contribution is 2.39. The van der Waals surface area contributed by atoms with Crippen molar-refractivity contribution in [1.29, 1.82) is 0 Å². The number of ether oxygens (including phenoxy) is 2. The molecule has 1 atom stereocenters. The number of halogens is 1. The van der Waals surface area contributed by atoms with Crippen molar-refractivity contribution >= 4 is 33.4 Å². The van der Waals surface area contributed by atoms with Crippen LogP contribution >= 0.6 is 23.4 Å². The minimum Gasteiger partial charge on any atom is -0.486 e. The number of fused-ring (bicyclic) bond motifs is 1. The molecule has 4 rings (SSSR count). The molecule has 0 saturated carbocycles. The second-order valence-electron chi connectivity index (χ2n) is 6.38. The normalized spacial score (nSPS) is 20.9. The van der Waals surface area contributed by atoms with Crippen LogP contribution in [-0.4, -0.2) is 44.8 Å². The zero-order chi connectivity index (χ0) is 18.9. The first-order chi connectivity index (χ1) is 13.1. The standard InChI is InChI=1S/C19H20ClNO4S2/c20-16-4-2-1-3-15(16)19-7-8-21(9-12-26-19)27(22,23)14-5-6-17-18(13-14)25-11-10-24-17/h1-6,13,19H,7-12H2. The number of benzene rings is 2. The summed E-state index contributed by atoms with van der Waals surface area (Å²) in [5.41, 5.74) is 1.07. The van der Waals surface area contributed by atoms with Gasteiger partial charge < -0.3 is 9.47 Å². The Morgan fingerprint density at radius 1 is 1.04 bits per heavy atom. The molecule has 27 heavy (non-hydrogen) atoms. The summed E-state index contributed by atoms with van der Waals surface area (Å²) in [6, 6.07) is 12.6. The van der Waals surface area contributed by atoms with Gasteiger partial charge in [0.1, 0.15) is 13.2 Å². The van der Waals surface area contributed by atoms with Crippen LogP contribution in [0.25, 0.3) is 0 Å². The van der Waals surface area contributed by atoms with Gasteiger partial charge >= 0.3 is 0 Å². The molecule has 5 nitrogen and oxygen atoms in total. The van der Waals surface area contributed by atoms with Gasteiger partial charge in [-0.1, -0.05) is 29.8 Å². The lowest BCUT2D eigenvalue weighted by molar-refractivity contribution is 0.171. The summed E-state index contributed by atoms with van der Waals surface area (Å²) in [4.78, 5) is 0.243. The molecule has 2 aromatic rings. The van der Waals surface area contributed by atoms with Gasteiger partial charge in [0.2, 0.25) is 10.0 Å². The maximum Gasteiger partial charge on any atom is 0.243 e. The van der Waals surface area contributed by atoms with E-state index in [1.807, 2.05) is 24.3 Å². The van der Waals surface area contributed by atoms with E-state index >= 15 is 0 Å². The van der Waals surface area contributed by atoms with E-state index < -0.39 is 10.0 Å². The fourth-order valence-electron chi connectivity index (χ4n) is 3.31. The van der Waals surface area contributed by atoms with Gasteiger partial charge in [-0.2, -0.15) is 16.1 Å². The molecular weight excluding hydrogens is 406 g/mol. The van der Waals surface area contributed by atoms with Crippen molar-refractivity contribution in [3.63, 3.8) is 0 Å². The number of hydrogen-bond acceptors (Lipinski definition) is 5. The Balaban J connectivity index is 1.54. The molecular formula is C19H20ClNO4S2. The van der Waals surface area contributed by atoms with E-state index in [0.29, 0.717) is 37.8 Å². The SMILES string of the molecule is O=S(=O)(c1ccc2c(c1)OCCO2)N1CCSC(c2ccccc2Cl)CC1. The molecule has 2 aliphatic rings. The molecule has 0 N–H and O–H groups in total.